The third-order valence-electron chi connectivity index (χ3n) is 3.35. The first-order chi connectivity index (χ1) is 10.2. The highest BCUT2D eigenvalue weighted by molar-refractivity contribution is 5.89. The summed E-state index contributed by atoms with van der Waals surface area (Å²) in [6.45, 7) is 1.62. The van der Waals surface area contributed by atoms with Crippen LogP contribution in [0.1, 0.15) is 32.6 Å². The summed E-state index contributed by atoms with van der Waals surface area (Å²) < 4.78 is 51.4. The highest BCUT2D eigenvalue weighted by Gasteiger charge is 2.31. The van der Waals surface area contributed by atoms with E-state index in [1.54, 1.807) is 6.92 Å². The van der Waals surface area contributed by atoms with E-state index in [0.717, 1.165) is 18.2 Å². The fourth-order valence-electron chi connectivity index (χ4n) is 2.19. The molecule has 0 bridgehead atoms. The fraction of sp³-hybridized carbons (Fsp3) is 0.188. The van der Waals surface area contributed by atoms with Gasteiger partial charge in [0.15, 0.2) is 0 Å². The molecule has 0 spiro atoms. The van der Waals surface area contributed by atoms with Crippen molar-refractivity contribution in [1.29, 1.82) is 0 Å². The molecular formula is C16H12F4O2. The van der Waals surface area contributed by atoms with Crippen molar-refractivity contribution in [1.82, 2.24) is 0 Å². The van der Waals surface area contributed by atoms with E-state index in [9.17, 15) is 22.4 Å². The summed E-state index contributed by atoms with van der Waals surface area (Å²) in [5.41, 5.74) is 0.0537. The maximum atomic E-state index is 13.1. The van der Waals surface area contributed by atoms with Crippen LogP contribution in [0.15, 0.2) is 36.4 Å². The molecule has 0 aliphatic rings. The van der Waals surface area contributed by atoms with E-state index in [1.165, 1.54) is 18.2 Å². The molecular weight excluding hydrogens is 300 g/mol. The minimum Gasteiger partial charge on any atom is -0.478 e. The first kappa shape index (κ1) is 16.0. The van der Waals surface area contributed by atoms with Crippen molar-refractivity contribution in [3.8, 4) is 0 Å². The van der Waals surface area contributed by atoms with Crippen molar-refractivity contribution in [2.75, 3.05) is 0 Å². The highest BCUT2D eigenvalue weighted by Crippen LogP contribution is 2.31. The molecule has 0 aliphatic carbocycles. The molecule has 2 rings (SSSR count). The normalized spacial score (nSPS) is 11.5. The summed E-state index contributed by atoms with van der Waals surface area (Å²) in [5.74, 6) is -1.76. The summed E-state index contributed by atoms with van der Waals surface area (Å²) in [6.07, 6.45) is -4.57. The standard InChI is InChI=1S/C16H12F4O2/c1-9-6-13(17)4-2-10(9)7-11-8-12(16(18,19)20)3-5-14(11)15(21)22/h2-6,8H,7H2,1H3,(H,21,22). The molecule has 0 fully saturated rings. The summed E-state index contributed by atoms with van der Waals surface area (Å²) in [6, 6.07) is 6.40. The van der Waals surface area contributed by atoms with Crippen LogP contribution in [0.5, 0.6) is 0 Å². The molecule has 2 nitrogen and oxygen atoms in total. The predicted molar refractivity (Wildman–Crippen MR) is 72.3 cm³/mol. The monoisotopic (exact) mass is 312 g/mol. The van der Waals surface area contributed by atoms with E-state index >= 15 is 0 Å². The van der Waals surface area contributed by atoms with E-state index in [0.29, 0.717) is 11.1 Å². The van der Waals surface area contributed by atoms with Gasteiger partial charge >= 0.3 is 12.1 Å². The molecule has 0 saturated carbocycles. The molecule has 0 amide bonds. The number of halogens is 4. The van der Waals surface area contributed by atoms with Crippen molar-refractivity contribution in [2.45, 2.75) is 19.5 Å². The van der Waals surface area contributed by atoms with Crippen LogP contribution >= 0.6 is 0 Å². The fourth-order valence-corrected chi connectivity index (χ4v) is 2.19. The summed E-state index contributed by atoms with van der Waals surface area (Å²) in [5, 5.41) is 9.11. The second kappa shape index (κ2) is 5.79. The Morgan fingerprint density at radius 3 is 2.32 bits per heavy atom. The molecule has 22 heavy (non-hydrogen) atoms. The molecule has 0 unspecified atom stereocenters. The number of alkyl halides is 3. The summed E-state index contributed by atoms with van der Waals surface area (Å²) in [7, 11) is 0. The number of rotatable bonds is 3. The van der Waals surface area contributed by atoms with E-state index in [2.05, 4.69) is 0 Å². The molecule has 0 aliphatic heterocycles. The van der Waals surface area contributed by atoms with Crippen molar-refractivity contribution in [3.63, 3.8) is 0 Å². The number of carboxylic acids is 1. The lowest BCUT2D eigenvalue weighted by Crippen LogP contribution is -2.10. The Hall–Kier alpha value is -2.37. The zero-order chi connectivity index (χ0) is 16.5. The Balaban J connectivity index is 2.49. The minimum absolute atomic E-state index is 0.0162. The first-order valence-electron chi connectivity index (χ1n) is 6.37. The Kier molecular flexibility index (Phi) is 4.21. The van der Waals surface area contributed by atoms with Crippen LogP contribution in [0, 0.1) is 12.7 Å². The lowest BCUT2D eigenvalue weighted by molar-refractivity contribution is -0.137. The Morgan fingerprint density at radius 1 is 1.09 bits per heavy atom. The van der Waals surface area contributed by atoms with Crippen molar-refractivity contribution in [3.05, 3.63) is 70.0 Å². The lowest BCUT2D eigenvalue weighted by atomic mass is 9.95. The maximum Gasteiger partial charge on any atom is 0.416 e. The van der Waals surface area contributed by atoms with Crippen LogP contribution in [0.4, 0.5) is 17.6 Å². The SMILES string of the molecule is Cc1cc(F)ccc1Cc1cc(C(F)(F)F)ccc1C(=O)O. The predicted octanol–water partition coefficient (Wildman–Crippen LogP) is 4.44. The third kappa shape index (κ3) is 3.44. The summed E-state index contributed by atoms with van der Waals surface area (Å²) >= 11 is 0. The Morgan fingerprint density at radius 2 is 1.77 bits per heavy atom. The molecule has 0 aromatic heterocycles. The summed E-state index contributed by atoms with van der Waals surface area (Å²) in [4.78, 5) is 11.2. The van der Waals surface area contributed by atoms with Gasteiger partial charge in [-0.05, 0) is 60.4 Å². The van der Waals surface area contributed by atoms with Gasteiger partial charge in [-0.1, -0.05) is 6.07 Å². The molecule has 0 saturated heterocycles. The number of benzene rings is 2. The molecule has 6 heteroatoms. The van der Waals surface area contributed by atoms with Gasteiger partial charge in [-0.3, -0.25) is 0 Å². The van der Waals surface area contributed by atoms with Gasteiger partial charge in [-0.15, -0.1) is 0 Å². The zero-order valence-electron chi connectivity index (χ0n) is 11.5. The Labute approximate surface area is 124 Å². The Bertz CT molecular complexity index is 721. The first-order valence-corrected chi connectivity index (χ1v) is 6.37. The van der Waals surface area contributed by atoms with Crippen LogP contribution in [-0.2, 0) is 12.6 Å². The van der Waals surface area contributed by atoms with Gasteiger partial charge in [-0.2, -0.15) is 13.2 Å². The van der Waals surface area contributed by atoms with E-state index in [1.807, 2.05) is 0 Å². The largest absolute Gasteiger partial charge is 0.478 e. The number of aryl methyl sites for hydroxylation is 1. The number of aromatic carboxylic acids is 1. The van der Waals surface area contributed by atoms with Crippen LogP contribution in [-0.4, -0.2) is 11.1 Å². The molecule has 0 radical (unpaired) electrons. The van der Waals surface area contributed by atoms with Gasteiger partial charge < -0.3 is 5.11 Å². The van der Waals surface area contributed by atoms with Gasteiger partial charge in [0.05, 0.1) is 11.1 Å². The van der Waals surface area contributed by atoms with Gasteiger partial charge in [0.2, 0.25) is 0 Å². The van der Waals surface area contributed by atoms with Gasteiger partial charge in [0.25, 0.3) is 0 Å². The van der Waals surface area contributed by atoms with Crippen LogP contribution < -0.4 is 0 Å². The quantitative estimate of drug-likeness (QED) is 0.851. The van der Waals surface area contributed by atoms with Crippen LogP contribution in [0.2, 0.25) is 0 Å². The third-order valence-corrected chi connectivity index (χ3v) is 3.35. The molecule has 1 N–H and O–H groups in total. The molecule has 0 atom stereocenters. The molecule has 116 valence electrons. The highest BCUT2D eigenvalue weighted by atomic mass is 19.4. The average molecular weight is 312 g/mol. The average Bonchev–Trinajstić information content (AvgIpc) is 2.40. The molecule has 2 aromatic rings. The molecule has 0 heterocycles. The van der Waals surface area contributed by atoms with Crippen molar-refractivity contribution in [2.24, 2.45) is 0 Å². The van der Waals surface area contributed by atoms with Gasteiger partial charge in [-0.25, -0.2) is 9.18 Å². The lowest BCUT2D eigenvalue weighted by Gasteiger charge is -2.13. The van der Waals surface area contributed by atoms with E-state index in [-0.39, 0.29) is 17.5 Å². The van der Waals surface area contributed by atoms with Gasteiger partial charge in [0.1, 0.15) is 5.82 Å². The van der Waals surface area contributed by atoms with E-state index in [4.69, 9.17) is 5.11 Å². The van der Waals surface area contributed by atoms with Crippen molar-refractivity contribution >= 4 is 5.97 Å². The second-order valence-electron chi connectivity index (χ2n) is 4.92. The number of hydrogen-bond donors (Lipinski definition) is 1. The number of carbonyl (C=O) groups is 1. The second-order valence-corrected chi connectivity index (χ2v) is 4.92. The van der Waals surface area contributed by atoms with Crippen LogP contribution in [0.3, 0.4) is 0 Å². The van der Waals surface area contributed by atoms with Crippen LogP contribution in [0.25, 0.3) is 0 Å². The minimum atomic E-state index is -4.55. The molecule has 2 aromatic carbocycles. The number of hydrogen-bond acceptors (Lipinski definition) is 1. The maximum absolute atomic E-state index is 13.1. The zero-order valence-corrected chi connectivity index (χ0v) is 11.5. The van der Waals surface area contributed by atoms with Gasteiger partial charge in [0, 0.05) is 0 Å². The number of carboxylic acid groups (broad SMARTS) is 1. The van der Waals surface area contributed by atoms with E-state index < -0.39 is 23.5 Å². The smallest absolute Gasteiger partial charge is 0.416 e. The van der Waals surface area contributed by atoms with Crippen molar-refractivity contribution < 1.29 is 27.5 Å². The topological polar surface area (TPSA) is 37.3 Å².